The zero-order valence-corrected chi connectivity index (χ0v) is 10.3. The molecule has 0 atom stereocenters. The van der Waals surface area contributed by atoms with E-state index >= 15 is 0 Å². The smallest absolute Gasteiger partial charge is 0.272 e. The van der Waals surface area contributed by atoms with Crippen molar-refractivity contribution in [1.29, 1.82) is 0 Å². The zero-order chi connectivity index (χ0) is 13.3. The number of benzene rings is 1. The van der Waals surface area contributed by atoms with Gasteiger partial charge >= 0.3 is 6.18 Å². The average molecular weight is 275 g/mol. The summed E-state index contributed by atoms with van der Waals surface area (Å²) < 4.78 is 40.0. The van der Waals surface area contributed by atoms with E-state index in [1.807, 2.05) is 0 Å². The first kappa shape index (κ1) is 13.0. The van der Waals surface area contributed by atoms with E-state index < -0.39 is 11.7 Å². The van der Waals surface area contributed by atoms with E-state index in [1.54, 1.807) is 25.1 Å². The highest BCUT2D eigenvalue weighted by Gasteiger charge is 2.36. The Hall–Kier alpha value is -1.49. The molecule has 6 heteroatoms. The van der Waals surface area contributed by atoms with Crippen LogP contribution in [-0.4, -0.2) is 9.78 Å². The van der Waals surface area contributed by atoms with Crippen LogP contribution in [0.1, 0.15) is 12.5 Å². The Morgan fingerprint density at radius 1 is 1.28 bits per heavy atom. The van der Waals surface area contributed by atoms with Crippen LogP contribution < -0.4 is 0 Å². The second kappa shape index (κ2) is 4.65. The third-order valence-electron chi connectivity index (χ3n) is 2.52. The molecule has 0 aliphatic carbocycles. The van der Waals surface area contributed by atoms with Crippen molar-refractivity contribution in [1.82, 2.24) is 9.78 Å². The summed E-state index contributed by atoms with van der Waals surface area (Å²) in [4.78, 5) is 0. The SMILES string of the molecule is CCn1cc(C(F)(F)F)c(-c2ccccc2Cl)n1. The Bertz CT molecular complexity index is 561. The summed E-state index contributed by atoms with van der Waals surface area (Å²) in [5.41, 5.74) is -0.605. The van der Waals surface area contributed by atoms with Gasteiger partial charge in [0.05, 0.1) is 5.02 Å². The van der Waals surface area contributed by atoms with Gasteiger partial charge in [-0.05, 0) is 13.0 Å². The van der Waals surface area contributed by atoms with Gasteiger partial charge in [0.1, 0.15) is 11.3 Å². The molecule has 0 saturated heterocycles. The van der Waals surface area contributed by atoms with Crippen LogP contribution in [0.4, 0.5) is 13.2 Å². The maximum absolute atomic E-state index is 12.9. The Labute approximate surface area is 107 Å². The Balaban J connectivity index is 2.64. The third-order valence-corrected chi connectivity index (χ3v) is 2.85. The van der Waals surface area contributed by atoms with E-state index in [0.717, 1.165) is 6.20 Å². The molecule has 0 unspecified atom stereocenters. The lowest BCUT2D eigenvalue weighted by Gasteiger charge is -2.07. The molecule has 0 aliphatic heterocycles. The van der Waals surface area contributed by atoms with Gasteiger partial charge in [0.2, 0.25) is 0 Å². The molecule has 2 nitrogen and oxygen atoms in total. The lowest BCUT2D eigenvalue weighted by atomic mass is 10.1. The normalized spacial score (nSPS) is 11.8. The lowest BCUT2D eigenvalue weighted by molar-refractivity contribution is -0.137. The molecule has 0 N–H and O–H groups in total. The van der Waals surface area contributed by atoms with E-state index in [0.29, 0.717) is 12.1 Å². The van der Waals surface area contributed by atoms with Gasteiger partial charge < -0.3 is 0 Å². The Kier molecular flexibility index (Phi) is 3.34. The highest BCUT2D eigenvalue weighted by Crippen LogP contribution is 2.38. The third kappa shape index (κ3) is 2.36. The largest absolute Gasteiger partial charge is 0.420 e. The number of alkyl halides is 3. The average Bonchev–Trinajstić information content (AvgIpc) is 2.73. The fraction of sp³-hybridized carbons (Fsp3) is 0.250. The van der Waals surface area contributed by atoms with Crippen molar-refractivity contribution in [2.24, 2.45) is 0 Å². The van der Waals surface area contributed by atoms with Crippen LogP contribution in [0, 0.1) is 0 Å². The molecular weight excluding hydrogens is 265 g/mol. The maximum atomic E-state index is 12.9. The van der Waals surface area contributed by atoms with Crippen LogP contribution >= 0.6 is 11.6 Å². The highest BCUT2D eigenvalue weighted by molar-refractivity contribution is 6.33. The van der Waals surface area contributed by atoms with E-state index in [-0.39, 0.29) is 10.7 Å². The zero-order valence-electron chi connectivity index (χ0n) is 9.50. The van der Waals surface area contributed by atoms with Gasteiger partial charge in [0.25, 0.3) is 0 Å². The second-order valence-corrected chi connectivity index (χ2v) is 4.13. The summed E-state index contributed by atoms with van der Waals surface area (Å²) in [6, 6.07) is 6.37. The first-order chi connectivity index (χ1) is 8.43. The maximum Gasteiger partial charge on any atom is 0.420 e. The molecule has 0 radical (unpaired) electrons. The van der Waals surface area contributed by atoms with Crippen molar-refractivity contribution >= 4 is 11.6 Å². The van der Waals surface area contributed by atoms with Crippen LogP contribution in [-0.2, 0) is 12.7 Å². The van der Waals surface area contributed by atoms with Crippen LogP contribution in [0.2, 0.25) is 5.02 Å². The minimum Gasteiger partial charge on any atom is -0.272 e. The van der Waals surface area contributed by atoms with E-state index in [2.05, 4.69) is 5.10 Å². The van der Waals surface area contributed by atoms with E-state index in [4.69, 9.17) is 11.6 Å². The summed E-state index contributed by atoms with van der Waals surface area (Å²) in [6.45, 7) is 2.09. The van der Waals surface area contributed by atoms with Gasteiger partial charge in [-0.2, -0.15) is 18.3 Å². The lowest BCUT2D eigenvalue weighted by Crippen LogP contribution is -2.05. The van der Waals surface area contributed by atoms with E-state index in [9.17, 15) is 13.2 Å². The molecular formula is C12H10ClF3N2. The first-order valence-electron chi connectivity index (χ1n) is 5.33. The molecule has 0 saturated carbocycles. The quantitative estimate of drug-likeness (QED) is 0.801. The van der Waals surface area contributed by atoms with E-state index in [1.165, 1.54) is 10.7 Å². The minimum atomic E-state index is -4.44. The van der Waals surface area contributed by atoms with Crippen molar-refractivity contribution in [3.05, 3.63) is 41.0 Å². The molecule has 0 spiro atoms. The number of aromatic nitrogens is 2. The summed E-state index contributed by atoms with van der Waals surface area (Å²) in [5.74, 6) is 0. The number of nitrogens with zero attached hydrogens (tertiary/aromatic N) is 2. The van der Waals surface area contributed by atoms with Crippen LogP contribution in [0.25, 0.3) is 11.3 Å². The highest BCUT2D eigenvalue weighted by atomic mass is 35.5. The van der Waals surface area contributed by atoms with Crippen molar-refractivity contribution < 1.29 is 13.2 Å². The van der Waals surface area contributed by atoms with Gasteiger partial charge in [0.15, 0.2) is 0 Å². The molecule has 1 aromatic carbocycles. The van der Waals surface area contributed by atoms with Crippen molar-refractivity contribution in [3.8, 4) is 11.3 Å². The molecule has 2 rings (SSSR count). The molecule has 18 heavy (non-hydrogen) atoms. The van der Waals surface area contributed by atoms with Gasteiger partial charge in [-0.3, -0.25) is 4.68 Å². The van der Waals surface area contributed by atoms with Crippen LogP contribution in [0.3, 0.4) is 0 Å². The topological polar surface area (TPSA) is 17.8 Å². The van der Waals surface area contributed by atoms with Gasteiger partial charge in [0, 0.05) is 18.3 Å². The molecule has 0 amide bonds. The van der Waals surface area contributed by atoms with Crippen LogP contribution in [0.5, 0.6) is 0 Å². The molecule has 1 aromatic heterocycles. The Morgan fingerprint density at radius 3 is 2.50 bits per heavy atom. The predicted octanol–water partition coefficient (Wildman–Crippen LogP) is 4.24. The molecule has 2 aromatic rings. The number of rotatable bonds is 2. The summed E-state index contributed by atoms with van der Waals surface area (Å²) in [5, 5.41) is 4.19. The molecule has 96 valence electrons. The Morgan fingerprint density at radius 2 is 1.94 bits per heavy atom. The number of halogens is 4. The summed E-state index contributed by atoms with van der Waals surface area (Å²) >= 11 is 5.92. The standard InChI is InChI=1S/C12H10ClF3N2/c1-2-18-7-9(12(14,15)16)11(17-18)8-5-3-4-6-10(8)13/h3-7H,2H2,1H3. The number of aryl methyl sites for hydroxylation is 1. The fourth-order valence-electron chi connectivity index (χ4n) is 1.64. The summed E-state index contributed by atoms with van der Waals surface area (Å²) in [6.07, 6.45) is -3.44. The minimum absolute atomic E-state index is 0.130. The molecule has 0 fully saturated rings. The van der Waals surface area contributed by atoms with Gasteiger partial charge in [-0.1, -0.05) is 29.8 Å². The monoisotopic (exact) mass is 274 g/mol. The molecule has 1 heterocycles. The molecule has 0 bridgehead atoms. The van der Waals surface area contributed by atoms with Crippen molar-refractivity contribution in [3.63, 3.8) is 0 Å². The van der Waals surface area contributed by atoms with Gasteiger partial charge in [-0.15, -0.1) is 0 Å². The summed E-state index contributed by atoms with van der Waals surface area (Å²) in [7, 11) is 0. The number of hydrogen-bond acceptors (Lipinski definition) is 1. The van der Waals surface area contributed by atoms with Gasteiger partial charge in [-0.25, -0.2) is 0 Å². The second-order valence-electron chi connectivity index (χ2n) is 3.72. The number of hydrogen-bond donors (Lipinski definition) is 0. The fourth-order valence-corrected chi connectivity index (χ4v) is 1.87. The first-order valence-corrected chi connectivity index (χ1v) is 5.71. The van der Waals surface area contributed by atoms with Crippen LogP contribution in [0.15, 0.2) is 30.5 Å². The predicted molar refractivity (Wildman–Crippen MR) is 63.3 cm³/mol. The molecule has 0 aliphatic rings. The van der Waals surface area contributed by atoms with Crippen molar-refractivity contribution in [2.75, 3.05) is 0 Å². The van der Waals surface area contributed by atoms with Crippen molar-refractivity contribution in [2.45, 2.75) is 19.6 Å².